The van der Waals surface area contributed by atoms with Gasteiger partial charge >= 0.3 is 0 Å². The number of hydrogen-bond donors (Lipinski definition) is 18. The molecule has 0 aliphatic carbocycles. The topological polar surface area (TPSA) is 591 Å². The summed E-state index contributed by atoms with van der Waals surface area (Å²) >= 11 is 0. The van der Waals surface area contributed by atoms with Gasteiger partial charge in [-0.25, -0.2) is 0 Å². The van der Waals surface area contributed by atoms with Gasteiger partial charge in [0.15, 0.2) is 44.0 Å². The Hall–Kier alpha value is -2.66. The zero-order chi connectivity index (χ0) is 58.9. The van der Waals surface area contributed by atoms with E-state index in [-0.39, 0.29) is 6.42 Å². The van der Waals surface area contributed by atoms with Gasteiger partial charge in [-0.3, -0.25) is 0 Å². The molecule has 0 radical (unpaired) electrons. The third-order valence-corrected chi connectivity index (χ3v) is 15.3. The smallest absolute Gasteiger partial charge is 0.187 e. The van der Waals surface area contributed by atoms with Crippen molar-refractivity contribution in [3.05, 3.63) is 20.9 Å². The molecule has 21 aliphatic heterocycles. The van der Waals surface area contributed by atoms with Crippen molar-refractivity contribution in [1.29, 1.82) is 0 Å². The van der Waals surface area contributed by atoms with E-state index >= 15 is 0 Å². The lowest BCUT2D eigenvalue weighted by molar-refractivity contribution is -0.394. The number of aliphatic hydroxyl groups is 18. The van der Waals surface area contributed by atoms with Crippen molar-refractivity contribution in [1.82, 2.24) is 0 Å². The lowest BCUT2D eigenvalue weighted by Crippen LogP contribution is -2.68. The Morgan fingerprint density at radius 2 is 0.444 bits per heavy atom. The molecular formula is C43H70N6O32. The summed E-state index contributed by atoms with van der Waals surface area (Å²) in [6.07, 6.45) is -69.0. The van der Waals surface area contributed by atoms with Crippen LogP contribution in [0.1, 0.15) is 13.3 Å². The van der Waals surface area contributed by atoms with Gasteiger partial charge in [-0.05, 0) is 17.5 Å². The molecular weight excluding hydrogens is 1110 g/mol. The summed E-state index contributed by atoms with van der Waals surface area (Å²) in [4.78, 5) is 5.31. The summed E-state index contributed by atoms with van der Waals surface area (Å²) in [5.41, 5.74) is 18.4. The maximum Gasteiger partial charge on any atom is 0.187 e. The van der Waals surface area contributed by atoms with Crippen molar-refractivity contribution in [3.63, 3.8) is 0 Å². The van der Waals surface area contributed by atoms with E-state index in [1.165, 1.54) is 6.92 Å². The fourth-order valence-electron chi connectivity index (χ4n) is 10.8. The largest absolute Gasteiger partial charge is 0.394 e. The normalized spacial score (nSPS) is 52.9. The average Bonchev–Trinajstić information content (AvgIpc) is 3.66. The zero-order valence-electron chi connectivity index (χ0n) is 42.6. The van der Waals surface area contributed by atoms with Gasteiger partial charge in [0.05, 0.1) is 57.8 Å². The molecule has 21 rings (SSSR count). The Balaban J connectivity index is 1.10. The minimum absolute atomic E-state index is 0.0646. The summed E-state index contributed by atoms with van der Waals surface area (Å²) in [5.74, 6) is 0. The van der Waals surface area contributed by atoms with Crippen LogP contribution < -0.4 is 0 Å². The molecule has 0 aromatic carbocycles. The highest BCUT2D eigenvalue weighted by Crippen LogP contribution is 2.39. The summed E-state index contributed by atoms with van der Waals surface area (Å²) in [6.45, 7) is -4.09. The summed E-state index contributed by atoms with van der Waals surface area (Å²) < 4.78 is 81.1. The molecule has 14 bridgehead atoms. The molecule has 35 atom stereocenters. The molecule has 0 spiro atoms. The predicted octanol–water partition coefficient (Wildman–Crippen LogP) is -11.2. The van der Waals surface area contributed by atoms with Crippen LogP contribution in [0.25, 0.3) is 20.9 Å². The van der Waals surface area contributed by atoms with Crippen LogP contribution in [0.15, 0.2) is 10.2 Å². The van der Waals surface area contributed by atoms with Crippen LogP contribution in [-0.2, 0) is 66.3 Å². The predicted molar refractivity (Wildman–Crippen MR) is 245 cm³/mol. The zero-order valence-corrected chi connectivity index (χ0v) is 42.6. The molecule has 21 aliphatic rings. The van der Waals surface area contributed by atoms with Crippen molar-refractivity contribution in [3.8, 4) is 0 Å². The van der Waals surface area contributed by atoms with Crippen molar-refractivity contribution in [2.45, 2.75) is 228 Å². The van der Waals surface area contributed by atoms with E-state index in [1.54, 1.807) is 0 Å². The number of azide groups is 2. The lowest BCUT2D eigenvalue weighted by atomic mass is 9.94. The minimum Gasteiger partial charge on any atom is -0.394 e. The van der Waals surface area contributed by atoms with Gasteiger partial charge in [0, 0.05) is 9.82 Å². The van der Waals surface area contributed by atoms with Crippen LogP contribution in [0.5, 0.6) is 0 Å². The molecule has 21 saturated heterocycles. The Morgan fingerprint density at radius 1 is 0.272 bits per heavy atom. The first-order valence-electron chi connectivity index (χ1n) is 25.8. The highest BCUT2D eigenvalue weighted by molar-refractivity contribution is 5.02. The fourth-order valence-corrected chi connectivity index (χ4v) is 10.8. The molecule has 21 heterocycles. The number of aliphatic hydroxyl groups excluding tert-OH is 18. The van der Waals surface area contributed by atoms with Crippen LogP contribution in [0.4, 0.5) is 0 Å². The quantitative estimate of drug-likeness (QED) is 0.0579. The Labute approximate surface area is 456 Å². The van der Waals surface area contributed by atoms with Crippen LogP contribution >= 0.6 is 0 Å². The average molecular weight is 1180 g/mol. The lowest BCUT2D eigenvalue weighted by Gasteiger charge is -2.50. The van der Waals surface area contributed by atoms with Crippen molar-refractivity contribution < 1.29 is 158 Å². The molecule has 0 aromatic heterocycles. The van der Waals surface area contributed by atoms with Gasteiger partial charge < -0.3 is 158 Å². The second-order valence-corrected chi connectivity index (χ2v) is 20.3. The van der Waals surface area contributed by atoms with Crippen LogP contribution in [0, 0.1) is 0 Å². The number of hydrogen-bond acceptors (Lipinski definition) is 34. The van der Waals surface area contributed by atoms with Gasteiger partial charge in [0.1, 0.15) is 153 Å². The van der Waals surface area contributed by atoms with Gasteiger partial charge in [0.2, 0.25) is 0 Å². The van der Waals surface area contributed by atoms with Crippen LogP contribution in [0.2, 0.25) is 0 Å². The molecule has 81 heavy (non-hydrogen) atoms. The van der Waals surface area contributed by atoms with Gasteiger partial charge in [-0.15, -0.1) is 0 Å². The molecule has 38 nitrogen and oxygen atoms in total. The number of rotatable bonds is 9. The monoisotopic (exact) mass is 1180 g/mol. The van der Waals surface area contributed by atoms with E-state index in [0.717, 1.165) is 0 Å². The second kappa shape index (κ2) is 27.8. The van der Waals surface area contributed by atoms with Crippen molar-refractivity contribution in [2.75, 3.05) is 39.5 Å². The SMILES string of the molecule is CCC1OC2OC3C(CO)OC(OC4C(CN=[N+]=[N-])OC(OC5C(CO)OC(OC6C(CO)OC(OC7C(CN=[N+]=[N-])OC(OC8C(CO)OC(OC1C(O)C2O)C(O)C8O)C(O)C7O)C(O)C6O)C(O)C5O)C(O)C4O)C(O)C3O. The van der Waals surface area contributed by atoms with E-state index in [1.807, 2.05) is 0 Å². The first-order valence-corrected chi connectivity index (χ1v) is 25.8. The minimum atomic E-state index is -2.23. The molecule has 464 valence electrons. The van der Waals surface area contributed by atoms with Crippen LogP contribution in [-0.4, -0.2) is 346 Å². The van der Waals surface area contributed by atoms with E-state index in [9.17, 15) is 103 Å². The standard InChI is InChI=1S/C43H70N6O32/c1-2-9-30-16(54)23(61)37(68-9)78-33-12(5-50)72-41(27(65)20(33)58)76-31-10(3-46-48-44)70-39(25(63)18(31)56)80-35-14(7-52)74-43(29(67)22(35)60)81-36-15(8-53)73-42(28(66)21(36)59)77-32-11(4-47-49-45)69-38(24(62)17(32)55)79-34-13(6-51)71-40(75-30)26(64)19(34)57/h9-43,50-67H,2-8H2,1H3. The fraction of sp³-hybridized carbons (Fsp3) is 1.00. The van der Waals surface area contributed by atoms with Crippen molar-refractivity contribution in [2.24, 2.45) is 10.2 Å². The summed E-state index contributed by atoms with van der Waals surface area (Å²) in [7, 11) is 0. The molecule has 21 fully saturated rings. The third-order valence-electron chi connectivity index (χ3n) is 15.3. The molecule has 0 aromatic rings. The van der Waals surface area contributed by atoms with Crippen LogP contribution in [0.3, 0.4) is 0 Å². The highest BCUT2D eigenvalue weighted by Gasteiger charge is 2.59. The first-order chi connectivity index (χ1) is 38.7. The molecule has 0 amide bonds. The summed E-state index contributed by atoms with van der Waals surface area (Å²) in [5, 5.41) is 208. The molecule has 18 N–H and O–H groups in total. The van der Waals surface area contributed by atoms with Crippen molar-refractivity contribution >= 4 is 0 Å². The summed E-state index contributed by atoms with van der Waals surface area (Å²) in [6, 6.07) is 0. The van der Waals surface area contributed by atoms with E-state index in [4.69, 9.17) is 66.3 Å². The van der Waals surface area contributed by atoms with E-state index < -0.39 is 254 Å². The number of ether oxygens (including phenoxy) is 14. The molecule has 0 saturated carbocycles. The maximum absolute atomic E-state index is 11.5. The molecule has 38 heteroatoms. The first kappa shape index (κ1) is 64.3. The maximum atomic E-state index is 11.5. The Bertz CT molecular complexity index is 2080. The third kappa shape index (κ3) is 13.1. The van der Waals surface area contributed by atoms with E-state index in [2.05, 4.69) is 20.1 Å². The van der Waals surface area contributed by atoms with Gasteiger partial charge in [-0.2, -0.15) is 0 Å². The molecule has 35 unspecified atom stereocenters. The van der Waals surface area contributed by atoms with Gasteiger partial charge in [-0.1, -0.05) is 17.2 Å². The second-order valence-electron chi connectivity index (χ2n) is 20.3. The number of nitrogens with zero attached hydrogens (tertiary/aromatic N) is 6. The Kier molecular flexibility index (Phi) is 22.1. The van der Waals surface area contributed by atoms with Gasteiger partial charge in [0.25, 0.3) is 0 Å². The highest BCUT2D eigenvalue weighted by atomic mass is 16.8. The van der Waals surface area contributed by atoms with E-state index in [0.29, 0.717) is 0 Å². The Morgan fingerprint density at radius 3 is 0.630 bits per heavy atom.